The van der Waals surface area contributed by atoms with Gasteiger partial charge in [-0.25, -0.2) is 9.59 Å². The molecule has 0 aliphatic carbocycles. The second-order valence-corrected chi connectivity index (χ2v) is 16.3. The van der Waals surface area contributed by atoms with Crippen LogP contribution in [0.2, 0.25) is 18.1 Å². The Kier molecular flexibility index (Phi) is 12.7. The Labute approximate surface area is 241 Å². The molecule has 0 aliphatic heterocycles. The molecule has 0 saturated heterocycles. The van der Waals surface area contributed by atoms with Crippen LogP contribution in [0.1, 0.15) is 38.8 Å². The highest BCUT2D eigenvalue weighted by Gasteiger charge is 2.38. The first-order chi connectivity index (χ1) is 18.9. The maximum absolute atomic E-state index is 13.5. The van der Waals surface area contributed by atoms with Gasteiger partial charge in [-0.2, -0.15) is 0 Å². The number of carbonyl (C=O) groups is 2. The van der Waals surface area contributed by atoms with Gasteiger partial charge in [0.1, 0.15) is 13.2 Å². The first-order valence-electron chi connectivity index (χ1n) is 13.7. The van der Waals surface area contributed by atoms with E-state index in [9.17, 15) is 9.59 Å². The Morgan fingerprint density at radius 2 is 1.45 bits per heavy atom. The van der Waals surface area contributed by atoms with Crippen LogP contribution in [-0.2, 0) is 27.1 Å². The number of carbonyl (C=O) groups excluding carboxylic acids is 2. The second kappa shape index (κ2) is 15.4. The van der Waals surface area contributed by atoms with Gasteiger partial charge >= 0.3 is 12.2 Å². The molecule has 0 aromatic heterocycles. The minimum absolute atomic E-state index is 0.00131. The fourth-order valence-corrected chi connectivity index (χ4v) is 4.60. The zero-order chi connectivity index (χ0) is 29.8. The molecule has 2 amide bonds. The molecule has 7 nitrogen and oxygen atoms in total. The number of hydrogen-bond acceptors (Lipinski definition) is 5. The van der Waals surface area contributed by atoms with E-state index in [1.54, 1.807) is 17.1 Å². The molecule has 0 unspecified atom stereocenters. The van der Waals surface area contributed by atoms with Gasteiger partial charge in [0, 0.05) is 6.54 Å². The average molecular weight is 567 g/mol. The Balaban J connectivity index is 2.23. The van der Waals surface area contributed by atoms with Crippen LogP contribution in [0.15, 0.2) is 86.0 Å². The van der Waals surface area contributed by atoms with Gasteiger partial charge in [0.25, 0.3) is 0 Å². The quantitative estimate of drug-likeness (QED) is 0.192. The molecule has 2 aromatic carbocycles. The van der Waals surface area contributed by atoms with Crippen LogP contribution >= 0.6 is 0 Å². The van der Waals surface area contributed by atoms with Crippen molar-refractivity contribution >= 4 is 20.5 Å². The lowest BCUT2D eigenvalue weighted by Gasteiger charge is -2.39. The summed E-state index contributed by atoms with van der Waals surface area (Å²) in [5.74, 6) is -0.166. The molecule has 0 aliphatic rings. The summed E-state index contributed by atoms with van der Waals surface area (Å²) in [4.78, 5) is 27.9. The first kappa shape index (κ1) is 32.8. The van der Waals surface area contributed by atoms with E-state index in [4.69, 9.17) is 13.9 Å². The molecule has 0 heterocycles. The summed E-state index contributed by atoms with van der Waals surface area (Å²) in [5.41, 5.74) is 1.76. The highest BCUT2D eigenvalue weighted by Crippen LogP contribution is 2.36. The predicted octanol–water partition coefficient (Wildman–Crippen LogP) is 7.32. The number of alkyl carbamates (subject to hydrolysis) is 1. The van der Waals surface area contributed by atoms with Crippen LogP contribution in [-0.4, -0.2) is 50.6 Å². The second-order valence-electron chi connectivity index (χ2n) is 11.5. The molecule has 2 rings (SSSR count). The van der Waals surface area contributed by atoms with E-state index in [0.717, 1.165) is 11.1 Å². The van der Waals surface area contributed by atoms with Crippen molar-refractivity contribution in [3.05, 3.63) is 97.1 Å². The Morgan fingerprint density at radius 3 is 1.93 bits per heavy atom. The van der Waals surface area contributed by atoms with Gasteiger partial charge in [0.05, 0.1) is 18.7 Å². The molecular weight excluding hydrogens is 520 g/mol. The first-order valence-corrected chi connectivity index (χ1v) is 16.6. The van der Waals surface area contributed by atoms with E-state index >= 15 is 0 Å². The predicted molar refractivity (Wildman–Crippen MR) is 163 cm³/mol. The van der Waals surface area contributed by atoms with Crippen molar-refractivity contribution in [3.8, 4) is 0 Å². The van der Waals surface area contributed by atoms with Gasteiger partial charge in [0.15, 0.2) is 8.32 Å². The van der Waals surface area contributed by atoms with Crippen molar-refractivity contribution in [2.24, 2.45) is 5.92 Å². The van der Waals surface area contributed by atoms with Crippen LogP contribution in [0.4, 0.5) is 9.59 Å². The van der Waals surface area contributed by atoms with E-state index in [1.165, 1.54) is 0 Å². The van der Waals surface area contributed by atoms with E-state index in [0.29, 0.717) is 0 Å². The van der Waals surface area contributed by atoms with Crippen LogP contribution < -0.4 is 5.32 Å². The minimum atomic E-state index is -2.11. The standard InChI is InChI=1S/C32H46N2O5Si/c1-9-25(3)29(33-30(35)37-22-26-17-13-11-14-18-26)21-34(31(36)38-23-27-19-15-12-16-20-27)28(10-2)24-39-40(7,8)32(4,5)6/h9-20,25,28-29H,1-2,21-24H2,3-8H3,(H,33,35)/t25-,28-,29-/m1/s1. The molecule has 0 spiro atoms. The summed E-state index contributed by atoms with van der Waals surface area (Å²) in [6, 6.07) is 18.0. The van der Waals surface area contributed by atoms with Crippen molar-refractivity contribution in [1.29, 1.82) is 0 Å². The van der Waals surface area contributed by atoms with Gasteiger partial charge in [-0.05, 0) is 35.2 Å². The molecule has 8 heteroatoms. The van der Waals surface area contributed by atoms with E-state index in [2.05, 4.69) is 52.3 Å². The molecular formula is C32H46N2O5Si. The fraction of sp³-hybridized carbons (Fsp3) is 0.438. The third-order valence-corrected chi connectivity index (χ3v) is 11.9. The van der Waals surface area contributed by atoms with E-state index < -0.39 is 32.6 Å². The van der Waals surface area contributed by atoms with Gasteiger partial charge in [0.2, 0.25) is 0 Å². The Morgan fingerprint density at radius 1 is 0.925 bits per heavy atom. The smallest absolute Gasteiger partial charge is 0.410 e. The Bertz CT molecular complexity index is 1090. The molecule has 3 atom stereocenters. The van der Waals surface area contributed by atoms with Crippen molar-refractivity contribution in [2.45, 2.75) is 71.1 Å². The highest BCUT2D eigenvalue weighted by molar-refractivity contribution is 6.74. The fourth-order valence-electron chi connectivity index (χ4n) is 3.58. The number of benzene rings is 2. The van der Waals surface area contributed by atoms with Crippen LogP contribution in [0.5, 0.6) is 0 Å². The van der Waals surface area contributed by atoms with Crippen LogP contribution in [0.3, 0.4) is 0 Å². The number of rotatable bonds is 14. The summed E-state index contributed by atoms with van der Waals surface area (Å²) in [6.45, 7) is 21.3. The molecule has 40 heavy (non-hydrogen) atoms. The highest BCUT2D eigenvalue weighted by atomic mass is 28.4. The third-order valence-electron chi connectivity index (χ3n) is 7.45. The molecule has 0 bridgehead atoms. The molecule has 1 N–H and O–H groups in total. The number of nitrogens with one attached hydrogen (secondary N) is 1. The molecule has 2 aromatic rings. The largest absolute Gasteiger partial charge is 0.445 e. The lowest BCUT2D eigenvalue weighted by atomic mass is 10.0. The molecule has 218 valence electrons. The normalized spacial score (nSPS) is 13.8. The Hall–Kier alpha value is -3.36. The van der Waals surface area contributed by atoms with Crippen molar-refractivity contribution in [2.75, 3.05) is 13.2 Å². The molecule has 0 saturated carbocycles. The maximum Gasteiger partial charge on any atom is 0.410 e. The van der Waals surface area contributed by atoms with Gasteiger partial charge in [-0.15, -0.1) is 13.2 Å². The number of ether oxygens (including phenoxy) is 2. The van der Waals surface area contributed by atoms with E-state index in [-0.39, 0.29) is 37.3 Å². The van der Waals surface area contributed by atoms with Gasteiger partial charge in [-0.3, -0.25) is 4.90 Å². The summed E-state index contributed by atoms with van der Waals surface area (Å²) in [5, 5.41) is 2.93. The third kappa shape index (κ3) is 10.3. The average Bonchev–Trinajstić information content (AvgIpc) is 2.93. The molecule has 0 radical (unpaired) electrons. The number of nitrogens with zero attached hydrogens (tertiary/aromatic N) is 1. The van der Waals surface area contributed by atoms with Crippen molar-refractivity contribution < 1.29 is 23.5 Å². The number of hydrogen-bond donors (Lipinski definition) is 1. The lowest BCUT2D eigenvalue weighted by molar-refractivity contribution is 0.0680. The van der Waals surface area contributed by atoms with Crippen LogP contribution in [0, 0.1) is 5.92 Å². The monoisotopic (exact) mass is 566 g/mol. The topological polar surface area (TPSA) is 77.1 Å². The number of amides is 2. The summed E-state index contributed by atoms with van der Waals surface area (Å²) < 4.78 is 17.6. The van der Waals surface area contributed by atoms with Crippen LogP contribution in [0.25, 0.3) is 0 Å². The van der Waals surface area contributed by atoms with Gasteiger partial charge < -0.3 is 19.2 Å². The summed E-state index contributed by atoms with van der Waals surface area (Å²) >= 11 is 0. The summed E-state index contributed by atoms with van der Waals surface area (Å²) in [7, 11) is -2.11. The van der Waals surface area contributed by atoms with Crippen molar-refractivity contribution in [3.63, 3.8) is 0 Å². The SMILES string of the molecule is C=C[C@@H](C)[C@@H](CN(C(=O)OCc1ccccc1)[C@H](C=C)CO[Si](C)(C)C(C)(C)C)NC(=O)OCc1ccccc1. The molecule has 0 fully saturated rings. The maximum atomic E-state index is 13.5. The van der Waals surface area contributed by atoms with Crippen molar-refractivity contribution in [1.82, 2.24) is 10.2 Å². The van der Waals surface area contributed by atoms with Gasteiger partial charge in [-0.1, -0.05) is 101 Å². The summed E-state index contributed by atoms with van der Waals surface area (Å²) in [6.07, 6.45) is 2.34. The lowest BCUT2D eigenvalue weighted by Crippen LogP contribution is -2.53. The van der Waals surface area contributed by atoms with E-state index in [1.807, 2.05) is 67.6 Å². The minimum Gasteiger partial charge on any atom is -0.445 e. The zero-order valence-corrected chi connectivity index (χ0v) is 25.9. The zero-order valence-electron chi connectivity index (χ0n) is 24.9.